The lowest BCUT2D eigenvalue weighted by atomic mass is 10.1. The molecule has 1 unspecified atom stereocenters. The number of Topliss-reactive ketones (excluding diaryl/α,β-unsaturated/α-hetero) is 1. The van der Waals surface area contributed by atoms with Crippen LogP contribution in [0.15, 0.2) is 30.3 Å². The molecule has 0 aromatic heterocycles. The van der Waals surface area contributed by atoms with E-state index in [0.29, 0.717) is 5.69 Å². The van der Waals surface area contributed by atoms with Gasteiger partial charge in [0.25, 0.3) is 5.91 Å². The minimum absolute atomic E-state index is 0.309. The number of hydrogen-bond donors (Lipinski definition) is 0. The summed E-state index contributed by atoms with van der Waals surface area (Å²) in [6.07, 6.45) is 0. The summed E-state index contributed by atoms with van der Waals surface area (Å²) in [7, 11) is 0. The van der Waals surface area contributed by atoms with Crippen LogP contribution in [0.4, 0.5) is 5.69 Å². The average Bonchev–Trinajstić information content (AvgIpc) is 2.51. The Kier molecular flexibility index (Phi) is 2.25. The summed E-state index contributed by atoms with van der Waals surface area (Å²) in [5, 5.41) is 8.62. The number of ketones is 1. The fourth-order valence-corrected chi connectivity index (χ4v) is 1.51. The number of benzene rings is 1. The second-order valence-electron chi connectivity index (χ2n) is 3.24. The number of rotatable bonds is 1. The van der Waals surface area contributed by atoms with Crippen molar-refractivity contribution in [3.05, 3.63) is 30.3 Å². The molecule has 0 N–H and O–H groups in total. The van der Waals surface area contributed by atoms with Crippen LogP contribution in [0.25, 0.3) is 0 Å². The molecule has 2 rings (SSSR count). The first-order valence-electron chi connectivity index (χ1n) is 4.53. The predicted octanol–water partition coefficient (Wildman–Crippen LogP) is 0.269. The van der Waals surface area contributed by atoms with Gasteiger partial charge in [-0.05, 0) is 12.1 Å². The van der Waals surface area contributed by atoms with Crippen LogP contribution in [-0.2, 0) is 14.4 Å². The van der Waals surface area contributed by atoms with E-state index in [1.54, 1.807) is 18.2 Å². The maximum atomic E-state index is 11.6. The van der Waals surface area contributed by atoms with Crippen LogP contribution in [0.2, 0.25) is 0 Å². The summed E-state index contributed by atoms with van der Waals surface area (Å²) in [5.41, 5.74) is 0.309. The molecule has 1 aliphatic heterocycles. The zero-order valence-electron chi connectivity index (χ0n) is 8.08. The van der Waals surface area contributed by atoms with Gasteiger partial charge in [0.1, 0.15) is 0 Å². The molecular weight excluding hydrogens is 208 g/mol. The number of para-hydroxylation sites is 1. The summed E-state index contributed by atoms with van der Waals surface area (Å²) in [4.78, 5) is 35.2. The molecule has 78 valence electrons. The molecular formula is C11H6N2O3. The van der Waals surface area contributed by atoms with E-state index in [-0.39, 0.29) is 0 Å². The lowest BCUT2D eigenvalue weighted by Crippen LogP contribution is -2.30. The van der Waals surface area contributed by atoms with Crippen LogP contribution in [0.5, 0.6) is 0 Å². The molecule has 1 heterocycles. The quantitative estimate of drug-likeness (QED) is 0.382. The molecule has 1 aromatic carbocycles. The van der Waals surface area contributed by atoms with Crippen molar-refractivity contribution < 1.29 is 14.4 Å². The van der Waals surface area contributed by atoms with Crippen LogP contribution in [0.1, 0.15) is 0 Å². The second kappa shape index (κ2) is 3.59. The normalized spacial score (nSPS) is 20.1. The van der Waals surface area contributed by atoms with Gasteiger partial charge in [-0.15, -0.1) is 0 Å². The first-order chi connectivity index (χ1) is 7.66. The average molecular weight is 214 g/mol. The molecule has 1 aliphatic rings. The van der Waals surface area contributed by atoms with Crippen LogP contribution >= 0.6 is 0 Å². The lowest BCUT2D eigenvalue weighted by Gasteiger charge is -2.11. The smallest absolute Gasteiger partial charge is 0.287 e. The Balaban J connectivity index is 2.46. The predicted molar refractivity (Wildman–Crippen MR) is 53.0 cm³/mol. The molecule has 2 amide bonds. The summed E-state index contributed by atoms with van der Waals surface area (Å²) in [6, 6.07) is 9.59. The zero-order chi connectivity index (χ0) is 11.7. The van der Waals surface area contributed by atoms with Crippen LogP contribution < -0.4 is 4.90 Å². The number of nitriles is 1. The number of nitrogens with zero attached hydrogens (tertiary/aromatic N) is 2. The second-order valence-corrected chi connectivity index (χ2v) is 3.24. The maximum Gasteiger partial charge on any atom is 0.303 e. The van der Waals surface area contributed by atoms with E-state index in [1.165, 1.54) is 18.2 Å². The third-order valence-electron chi connectivity index (χ3n) is 2.29. The van der Waals surface area contributed by atoms with Crippen molar-refractivity contribution in [3.63, 3.8) is 0 Å². The van der Waals surface area contributed by atoms with Crippen molar-refractivity contribution in [1.82, 2.24) is 0 Å². The van der Waals surface area contributed by atoms with E-state index in [1.807, 2.05) is 0 Å². The van der Waals surface area contributed by atoms with Crippen molar-refractivity contribution in [1.29, 1.82) is 5.26 Å². The maximum absolute atomic E-state index is 11.6. The van der Waals surface area contributed by atoms with Crippen molar-refractivity contribution >= 4 is 23.3 Å². The standard InChI is InChI=1S/C11H6N2O3/c12-6-8-9(14)11(16)13(10(8)15)7-4-2-1-3-5-7/h1-5,8H. The van der Waals surface area contributed by atoms with Gasteiger partial charge in [-0.2, -0.15) is 5.26 Å². The van der Waals surface area contributed by atoms with Crippen LogP contribution in [0.3, 0.4) is 0 Å². The highest BCUT2D eigenvalue weighted by atomic mass is 16.2. The molecule has 0 aliphatic carbocycles. The number of carbonyl (C=O) groups is 3. The Morgan fingerprint density at radius 1 is 1.12 bits per heavy atom. The number of imide groups is 1. The molecule has 0 spiro atoms. The first-order valence-corrected chi connectivity index (χ1v) is 4.53. The highest BCUT2D eigenvalue weighted by Gasteiger charge is 2.47. The molecule has 1 aromatic rings. The largest absolute Gasteiger partial charge is 0.303 e. The highest BCUT2D eigenvalue weighted by molar-refractivity contribution is 6.56. The number of carbonyl (C=O) groups excluding carboxylic acids is 3. The molecule has 1 fully saturated rings. The molecule has 5 nitrogen and oxygen atoms in total. The van der Waals surface area contributed by atoms with Gasteiger partial charge >= 0.3 is 5.91 Å². The number of hydrogen-bond acceptors (Lipinski definition) is 4. The molecule has 1 saturated heterocycles. The van der Waals surface area contributed by atoms with Gasteiger partial charge in [-0.25, -0.2) is 4.90 Å². The summed E-state index contributed by atoms with van der Waals surface area (Å²) in [6.45, 7) is 0. The third kappa shape index (κ3) is 1.28. The van der Waals surface area contributed by atoms with E-state index in [2.05, 4.69) is 0 Å². The van der Waals surface area contributed by atoms with E-state index in [9.17, 15) is 14.4 Å². The minimum Gasteiger partial charge on any atom is -0.287 e. The van der Waals surface area contributed by atoms with Gasteiger partial charge in [0.05, 0.1) is 11.8 Å². The van der Waals surface area contributed by atoms with Crippen molar-refractivity contribution in [2.75, 3.05) is 4.90 Å². The molecule has 0 radical (unpaired) electrons. The van der Waals surface area contributed by atoms with Gasteiger partial charge in [-0.3, -0.25) is 14.4 Å². The van der Waals surface area contributed by atoms with E-state index in [4.69, 9.17) is 5.26 Å². The summed E-state index contributed by atoms with van der Waals surface area (Å²) >= 11 is 0. The van der Waals surface area contributed by atoms with E-state index < -0.39 is 23.5 Å². The monoisotopic (exact) mass is 214 g/mol. The van der Waals surface area contributed by atoms with Crippen molar-refractivity contribution in [2.24, 2.45) is 5.92 Å². The van der Waals surface area contributed by atoms with Crippen LogP contribution in [-0.4, -0.2) is 17.6 Å². The summed E-state index contributed by atoms with van der Waals surface area (Å²) < 4.78 is 0. The molecule has 16 heavy (non-hydrogen) atoms. The Morgan fingerprint density at radius 2 is 1.75 bits per heavy atom. The molecule has 0 bridgehead atoms. The van der Waals surface area contributed by atoms with Gasteiger partial charge in [0, 0.05) is 0 Å². The van der Waals surface area contributed by atoms with Crippen LogP contribution in [0, 0.1) is 17.2 Å². The number of anilines is 1. The Hall–Kier alpha value is -2.48. The highest BCUT2D eigenvalue weighted by Crippen LogP contribution is 2.23. The van der Waals surface area contributed by atoms with E-state index >= 15 is 0 Å². The summed E-state index contributed by atoms with van der Waals surface area (Å²) in [5.74, 6) is -4.17. The Labute approximate surface area is 90.9 Å². The zero-order valence-corrected chi connectivity index (χ0v) is 8.08. The van der Waals surface area contributed by atoms with Crippen molar-refractivity contribution in [2.45, 2.75) is 0 Å². The minimum atomic E-state index is -1.49. The fraction of sp³-hybridized carbons (Fsp3) is 0.0909. The van der Waals surface area contributed by atoms with Gasteiger partial charge < -0.3 is 0 Å². The van der Waals surface area contributed by atoms with Gasteiger partial charge in [0.15, 0.2) is 5.92 Å². The third-order valence-corrected chi connectivity index (χ3v) is 2.29. The fourth-order valence-electron chi connectivity index (χ4n) is 1.51. The Morgan fingerprint density at radius 3 is 2.25 bits per heavy atom. The number of amides is 2. The molecule has 1 atom stereocenters. The SMILES string of the molecule is N#CC1C(=O)C(=O)N(c2ccccc2)C1=O. The first kappa shape index (κ1) is 10.1. The van der Waals surface area contributed by atoms with E-state index in [0.717, 1.165) is 4.90 Å². The molecule has 0 saturated carbocycles. The lowest BCUT2D eigenvalue weighted by molar-refractivity contribution is -0.135. The van der Waals surface area contributed by atoms with Gasteiger partial charge in [0.2, 0.25) is 5.78 Å². The molecule has 5 heteroatoms. The van der Waals surface area contributed by atoms with Crippen molar-refractivity contribution in [3.8, 4) is 6.07 Å². The van der Waals surface area contributed by atoms with Gasteiger partial charge in [-0.1, -0.05) is 18.2 Å². The Bertz CT molecular complexity index is 516. The topological polar surface area (TPSA) is 78.2 Å².